The van der Waals surface area contributed by atoms with E-state index in [1.54, 1.807) is 0 Å². The van der Waals surface area contributed by atoms with Crippen LogP contribution in [0.3, 0.4) is 0 Å². The van der Waals surface area contributed by atoms with Gasteiger partial charge >= 0.3 is 6.09 Å². The van der Waals surface area contributed by atoms with Crippen molar-refractivity contribution in [3.8, 4) is 0 Å². The van der Waals surface area contributed by atoms with E-state index in [4.69, 9.17) is 4.74 Å². The van der Waals surface area contributed by atoms with Gasteiger partial charge in [0.15, 0.2) is 0 Å². The van der Waals surface area contributed by atoms with Gasteiger partial charge in [0.25, 0.3) is 0 Å². The Morgan fingerprint density at radius 3 is 2.57 bits per heavy atom. The summed E-state index contributed by atoms with van der Waals surface area (Å²) in [5.74, 6) is 2.47. The van der Waals surface area contributed by atoms with Gasteiger partial charge in [0.2, 0.25) is 0 Å². The number of hydrogen-bond acceptors (Lipinski definition) is 3. The van der Waals surface area contributed by atoms with E-state index in [1.165, 1.54) is 12.0 Å². The number of amides is 1. The van der Waals surface area contributed by atoms with Crippen LogP contribution in [-0.4, -0.2) is 36.0 Å². The number of likely N-dealkylation sites (tertiary alicyclic amines) is 1. The summed E-state index contributed by atoms with van der Waals surface area (Å²) >= 11 is 0. The zero-order valence-electron chi connectivity index (χ0n) is 17.5. The monoisotopic (exact) mass is 385 g/mol. The highest BCUT2D eigenvalue weighted by Gasteiger charge is 2.58. The third-order valence-corrected chi connectivity index (χ3v) is 9.40. The van der Waals surface area contributed by atoms with Gasteiger partial charge in [0.1, 0.15) is 11.9 Å². The molecule has 154 valence electrons. The van der Waals surface area contributed by atoms with E-state index < -0.39 is 0 Å². The molecule has 6 atom stereocenters. The van der Waals surface area contributed by atoms with Crippen LogP contribution >= 0.6 is 0 Å². The molecule has 1 amide bonds. The molecule has 0 aromatic rings. The number of Topliss-reactive ketones (excluding diaryl/α,β-unsaturated/α-hetero) is 1. The van der Waals surface area contributed by atoms with Crippen LogP contribution in [0.5, 0.6) is 0 Å². The Labute approximate surface area is 169 Å². The number of carbonyl (C=O) groups excluding carboxylic acids is 2. The van der Waals surface area contributed by atoms with Gasteiger partial charge in [-0.2, -0.15) is 0 Å². The second kappa shape index (κ2) is 6.60. The Bertz CT molecular complexity index is 709. The zero-order chi connectivity index (χ0) is 19.5. The van der Waals surface area contributed by atoms with Crippen LogP contribution in [-0.2, 0) is 9.53 Å². The van der Waals surface area contributed by atoms with Gasteiger partial charge in [0.05, 0.1) is 0 Å². The summed E-state index contributed by atoms with van der Waals surface area (Å²) in [6.45, 7) is 6.43. The van der Waals surface area contributed by atoms with E-state index >= 15 is 0 Å². The Morgan fingerprint density at radius 2 is 1.79 bits per heavy atom. The molecular formula is C24H35NO3. The first kappa shape index (κ1) is 18.7. The third-order valence-electron chi connectivity index (χ3n) is 9.40. The van der Waals surface area contributed by atoms with Gasteiger partial charge in [-0.15, -0.1) is 0 Å². The fourth-order valence-corrected chi connectivity index (χ4v) is 7.62. The molecule has 4 nitrogen and oxygen atoms in total. The third kappa shape index (κ3) is 2.69. The maximum Gasteiger partial charge on any atom is 0.410 e. The summed E-state index contributed by atoms with van der Waals surface area (Å²) in [6, 6.07) is 0. The molecule has 1 saturated heterocycles. The molecule has 1 aliphatic heterocycles. The predicted octanol–water partition coefficient (Wildman–Crippen LogP) is 5.12. The second-order valence-corrected chi connectivity index (χ2v) is 10.6. The van der Waals surface area contributed by atoms with Crippen LogP contribution in [0.25, 0.3) is 0 Å². The normalized spacial score (nSPS) is 45.1. The molecule has 1 heterocycles. The van der Waals surface area contributed by atoms with Crippen molar-refractivity contribution in [1.82, 2.24) is 4.90 Å². The number of ketones is 1. The Hall–Kier alpha value is -1.32. The number of nitrogens with zero attached hydrogens (tertiary/aromatic N) is 1. The van der Waals surface area contributed by atoms with E-state index in [0.29, 0.717) is 23.5 Å². The summed E-state index contributed by atoms with van der Waals surface area (Å²) in [6.07, 6.45) is 12.9. The quantitative estimate of drug-likeness (QED) is 0.589. The van der Waals surface area contributed by atoms with E-state index in [1.807, 2.05) is 4.90 Å². The van der Waals surface area contributed by atoms with Crippen molar-refractivity contribution in [1.29, 1.82) is 0 Å². The largest absolute Gasteiger partial charge is 0.446 e. The van der Waals surface area contributed by atoms with Crippen molar-refractivity contribution in [3.63, 3.8) is 0 Å². The number of hydrogen-bond donors (Lipinski definition) is 0. The zero-order valence-corrected chi connectivity index (χ0v) is 17.5. The number of rotatable bonds is 1. The highest BCUT2D eigenvalue weighted by Crippen LogP contribution is 2.64. The van der Waals surface area contributed by atoms with Crippen molar-refractivity contribution in [2.75, 3.05) is 13.1 Å². The standard InChI is InChI=1S/C24H35NO3/c1-23-11-9-17(28-22(27)25-13-3-4-14-25)15-16(23)5-6-18-19-7-8-21(26)24(19,2)12-10-20(18)23/h5,17-20H,3-4,6-15H2,1-2H3. The fraction of sp³-hybridized carbons (Fsp3) is 0.833. The summed E-state index contributed by atoms with van der Waals surface area (Å²) in [5.41, 5.74) is 1.73. The van der Waals surface area contributed by atoms with Gasteiger partial charge < -0.3 is 9.64 Å². The van der Waals surface area contributed by atoms with Crippen LogP contribution in [0, 0.1) is 28.6 Å². The average molecular weight is 386 g/mol. The van der Waals surface area contributed by atoms with E-state index in [0.717, 1.165) is 70.9 Å². The van der Waals surface area contributed by atoms with Crippen molar-refractivity contribution in [2.24, 2.45) is 28.6 Å². The van der Waals surface area contributed by atoms with Crippen LogP contribution in [0.2, 0.25) is 0 Å². The van der Waals surface area contributed by atoms with Crippen molar-refractivity contribution >= 4 is 11.9 Å². The fourth-order valence-electron chi connectivity index (χ4n) is 7.62. The van der Waals surface area contributed by atoms with Crippen LogP contribution in [0.15, 0.2) is 11.6 Å². The van der Waals surface area contributed by atoms with Gasteiger partial charge in [-0.05, 0) is 74.5 Å². The summed E-state index contributed by atoms with van der Waals surface area (Å²) in [5, 5.41) is 0. The molecule has 4 aliphatic carbocycles. The maximum absolute atomic E-state index is 12.6. The molecule has 5 aliphatic rings. The van der Waals surface area contributed by atoms with Gasteiger partial charge in [-0.25, -0.2) is 4.79 Å². The molecule has 3 saturated carbocycles. The topological polar surface area (TPSA) is 46.6 Å². The first-order chi connectivity index (χ1) is 13.4. The first-order valence-electron chi connectivity index (χ1n) is 11.6. The second-order valence-electron chi connectivity index (χ2n) is 10.6. The smallest absolute Gasteiger partial charge is 0.410 e. The van der Waals surface area contributed by atoms with Crippen molar-refractivity contribution < 1.29 is 14.3 Å². The van der Waals surface area contributed by atoms with Crippen LogP contribution in [0.4, 0.5) is 4.79 Å². The lowest BCUT2D eigenvalue weighted by Gasteiger charge is -2.56. The van der Waals surface area contributed by atoms with Gasteiger partial charge in [-0.1, -0.05) is 25.5 Å². The highest BCUT2D eigenvalue weighted by molar-refractivity contribution is 5.87. The molecule has 0 radical (unpaired) electrons. The molecular weight excluding hydrogens is 350 g/mol. The maximum atomic E-state index is 12.6. The van der Waals surface area contributed by atoms with Gasteiger partial charge in [0, 0.05) is 31.3 Å². The number of allylic oxidation sites excluding steroid dienone is 1. The number of ether oxygens (including phenoxy) is 1. The molecule has 4 heteroatoms. The van der Waals surface area contributed by atoms with Crippen LogP contribution < -0.4 is 0 Å². The van der Waals surface area contributed by atoms with Crippen molar-refractivity contribution in [2.45, 2.75) is 84.2 Å². The minimum atomic E-state index is -0.0988. The molecule has 6 unspecified atom stereocenters. The Balaban J connectivity index is 1.31. The highest BCUT2D eigenvalue weighted by atomic mass is 16.6. The van der Waals surface area contributed by atoms with Gasteiger partial charge in [-0.3, -0.25) is 4.79 Å². The average Bonchev–Trinajstić information content (AvgIpc) is 3.31. The molecule has 0 aromatic carbocycles. The molecule has 4 fully saturated rings. The Morgan fingerprint density at radius 1 is 1.07 bits per heavy atom. The number of carbonyl (C=O) groups is 2. The molecule has 0 aromatic heterocycles. The number of fused-ring (bicyclic) bond motifs is 5. The summed E-state index contributed by atoms with van der Waals surface area (Å²) in [4.78, 5) is 26.9. The van der Waals surface area contributed by atoms with Crippen molar-refractivity contribution in [3.05, 3.63) is 11.6 Å². The SMILES string of the molecule is CC12CCC3C(CC=C4CC(OC(=O)N5CCCC5)CCC43C)C1CCC2=O. The lowest BCUT2D eigenvalue weighted by atomic mass is 9.48. The molecule has 5 rings (SSSR count). The van der Waals surface area contributed by atoms with Crippen LogP contribution in [0.1, 0.15) is 78.1 Å². The molecule has 0 bridgehead atoms. The van der Waals surface area contributed by atoms with E-state index in [-0.39, 0.29) is 23.0 Å². The lowest BCUT2D eigenvalue weighted by molar-refractivity contribution is -0.132. The molecule has 28 heavy (non-hydrogen) atoms. The molecule has 0 N–H and O–H groups in total. The molecule has 0 spiro atoms. The summed E-state index contributed by atoms with van der Waals surface area (Å²) < 4.78 is 5.91. The van der Waals surface area contributed by atoms with E-state index in [2.05, 4.69) is 19.9 Å². The van der Waals surface area contributed by atoms with E-state index in [9.17, 15) is 9.59 Å². The minimum absolute atomic E-state index is 0.0471. The Kier molecular flexibility index (Phi) is 4.41. The summed E-state index contributed by atoms with van der Waals surface area (Å²) in [7, 11) is 0. The minimum Gasteiger partial charge on any atom is -0.446 e. The lowest BCUT2D eigenvalue weighted by Crippen LogP contribution is -2.50. The first-order valence-corrected chi connectivity index (χ1v) is 11.6. The predicted molar refractivity (Wildman–Crippen MR) is 108 cm³/mol.